The van der Waals surface area contributed by atoms with Crippen LogP contribution in [0.15, 0.2) is 42.6 Å². The average Bonchev–Trinajstić information content (AvgIpc) is 3.17. The van der Waals surface area contributed by atoms with Crippen LogP contribution in [-0.2, 0) is 4.79 Å². The van der Waals surface area contributed by atoms with Crippen LogP contribution in [0.25, 0.3) is 0 Å². The van der Waals surface area contributed by atoms with E-state index < -0.39 is 0 Å². The predicted octanol–water partition coefficient (Wildman–Crippen LogP) is 1.43. The molecule has 1 aliphatic rings. The van der Waals surface area contributed by atoms with Crippen molar-refractivity contribution in [1.82, 2.24) is 15.1 Å². The first kappa shape index (κ1) is 13.6. The molecule has 2 N–H and O–H groups in total. The highest BCUT2D eigenvalue weighted by Gasteiger charge is 2.17. The van der Waals surface area contributed by atoms with Crippen molar-refractivity contribution in [2.24, 2.45) is 0 Å². The molecule has 6 nitrogen and oxygen atoms in total. The smallest absolute Gasteiger partial charge is 0.263 e. The number of amides is 1. The molecule has 1 aromatic carbocycles. The van der Waals surface area contributed by atoms with Gasteiger partial charge in [0.15, 0.2) is 12.4 Å². The molecule has 0 spiro atoms. The van der Waals surface area contributed by atoms with Gasteiger partial charge in [-0.05, 0) is 25.1 Å². The van der Waals surface area contributed by atoms with Gasteiger partial charge < -0.3 is 15.4 Å². The fourth-order valence-electron chi connectivity index (χ4n) is 2.32. The Morgan fingerprint density at radius 1 is 1.38 bits per heavy atom. The van der Waals surface area contributed by atoms with Crippen molar-refractivity contribution in [2.45, 2.75) is 12.5 Å². The molecule has 1 amide bonds. The molecule has 0 unspecified atom stereocenters. The molecular weight excluding hydrogens is 268 g/mol. The number of nitrogens with zero attached hydrogens (tertiary/aromatic N) is 2. The lowest BCUT2D eigenvalue weighted by molar-refractivity contribution is -0.118. The number of ether oxygens (including phenoxy) is 1. The van der Waals surface area contributed by atoms with Crippen LogP contribution in [0.1, 0.15) is 12.5 Å². The van der Waals surface area contributed by atoms with Crippen molar-refractivity contribution in [3.05, 3.63) is 42.6 Å². The van der Waals surface area contributed by atoms with Crippen molar-refractivity contribution < 1.29 is 9.53 Å². The molecule has 110 valence electrons. The molecule has 1 atom stereocenters. The van der Waals surface area contributed by atoms with Gasteiger partial charge in [-0.2, -0.15) is 5.10 Å². The summed E-state index contributed by atoms with van der Waals surface area (Å²) in [7, 11) is 0. The van der Waals surface area contributed by atoms with E-state index in [1.807, 2.05) is 41.2 Å². The van der Waals surface area contributed by atoms with Crippen molar-refractivity contribution in [1.29, 1.82) is 0 Å². The zero-order valence-corrected chi connectivity index (χ0v) is 11.7. The number of nitrogens with one attached hydrogen (secondary N) is 2. The second-order valence-electron chi connectivity index (χ2n) is 4.98. The van der Waals surface area contributed by atoms with E-state index in [1.165, 1.54) is 0 Å². The monoisotopic (exact) mass is 286 g/mol. The van der Waals surface area contributed by atoms with E-state index >= 15 is 0 Å². The number of hydrogen-bond acceptors (Lipinski definition) is 4. The van der Waals surface area contributed by atoms with Crippen molar-refractivity contribution >= 4 is 11.7 Å². The van der Waals surface area contributed by atoms with E-state index in [9.17, 15) is 4.79 Å². The fourth-order valence-corrected chi connectivity index (χ4v) is 2.32. The van der Waals surface area contributed by atoms with E-state index in [1.54, 1.807) is 6.07 Å². The molecule has 1 fully saturated rings. The first-order chi connectivity index (χ1) is 10.3. The maximum atomic E-state index is 11.8. The average molecular weight is 286 g/mol. The zero-order chi connectivity index (χ0) is 14.5. The number of carbonyl (C=O) groups is 1. The summed E-state index contributed by atoms with van der Waals surface area (Å²) in [6, 6.07) is 11.4. The van der Waals surface area contributed by atoms with Gasteiger partial charge in [0.1, 0.15) is 5.75 Å². The maximum Gasteiger partial charge on any atom is 0.263 e. The molecule has 0 aliphatic carbocycles. The summed E-state index contributed by atoms with van der Waals surface area (Å²) in [5, 5.41) is 10.4. The quantitative estimate of drug-likeness (QED) is 0.872. The Labute approximate surface area is 123 Å². The number of hydrogen-bond donors (Lipinski definition) is 2. The normalized spacial score (nSPS) is 17.6. The van der Waals surface area contributed by atoms with Crippen LogP contribution in [0, 0.1) is 0 Å². The molecule has 1 saturated heterocycles. The maximum absolute atomic E-state index is 11.8. The first-order valence-electron chi connectivity index (χ1n) is 7.05. The summed E-state index contributed by atoms with van der Waals surface area (Å²) in [6.07, 6.45) is 2.96. The van der Waals surface area contributed by atoms with Crippen LogP contribution in [0.5, 0.6) is 5.75 Å². The lowest BCUT2D eigenvalue weighted by atomic mass is 10.3. The highest BCUT2D eigenvalue weighted by atomic mass is 16.5. The largest absolute Gasteiger partial charge is 0.484 e. The van der Waals surface area contributed by atoms with Gasteiger partial charge >= 0.3 is 0 Å². The van der Waals surface area contributed by atoms with Gasteiger partial charge in [-0.1, -0.05) is 18.2 Å². The summed E-state index contributed by atoms with van der Waals surface area (Å²) in [4.78, 5) is 11.8. The van der Waals surface area contributed by atoms with Gasteiger partial charge in [-0.25, -0.2) is 0 Å². The predicted molar refractivity (Wildman–Crippen MR) is 79.3 cm³/mol. The van der Waals surface area contributed by atoms with Crippen molar-refractivity contribution in [3.63, 3.8) is 0 Å². The Hall–Kier alpha value is -2.34. The third-order valence-electron chi connectivity index (χ3n) is 3.40. The Bertz CT molecular complexity index is 591. The minimum atomic E-state index is -0.214. The van der Waals surface area contributed by atoms with Gasteiger partial charge in [0.2, 0.25) is 0 Å². The van der Waals surface area contributed by atoms with Crippen LogP contribution in [0.4, 0.5) is 5.82 Å². The highest BCUT2D eigenvalue weighted by Crippen LogP contribution is 2.15. The molecule has 2 heterocycles. The fraction of sp³-hybridized carbons (Fsp3) is 0.333. The Kier molecular flexibility index (Phi) is 4.16. The lowest BCUT2D eigenvalue weighted by Gasteiger charge is -2.08. The Morgan fingerprint density at radius 2 is 2.24 bits per heavy atom. The zero-order valence-electron chi connectivity index (χ0n) is 11.7. The molecule has 1 aromatic heterocycles. The minimum Gasteiger partial charge on any atom is -0.484 e. The molecule has 2 aromatic rings. The third kappa shape index (κ3) is 3.61. The van der Waals surface area contributed by atoms with Crippen LogP contribution < -0.4 is 15.4 Å². The first-order valence-corrected chi connectivity index (χ1v) is 7.05. The second-order valence-corrected chi connectivity index (χ2v) is 4.98. The number of rotatable bonds is 5. The van der Waals surface area contributed by atoms with E-state index in [4.69, 9.17) is 4.74 Å². The molecule has 0 saturated carbocycles. The molecule has 1 aliphatic heterocycles. The topological polar surface area (TPSA) is 68.2 Å². The van der Waals surface area contributed by atoms with E-state index in [0.29, 0.717) is 17.6 Å². The second kappa shape index (κ2) is 6.41. The minimum absolute atomic E-state index is 0.0259. The Morgan fingerprint density at radius 3 is 3.00 bits per heavy atom. The van der Waals surface area contributed by atoms with Gasteiger partial charge in [-0.3, -0.25) is 9.48 Å². The highest BCUT2D eigenvalue weighted by molar-refractivity contribution is 5.90. The van der Waals surface area contributed by atoms with Crippen molar-refractivity contribution in [3.8, 4) is 5.75 Å². The number of carbonyl (C=O) groups excluding carboxylic acids is 1. The molecule has 0 bridgehead atoms. The Balaban J connectivity index is 1.50. The molecule has 21 heavy (non-hydrogen) atoms. The van der Waals surface area contributed by atoms with Crippen LogP contribution in [0.3, 0.4) is 0 Å². The third-order valence-corrected chi connectivity index (χ3v) is 3.40. The van der Waals surface area contributed by atoms with Crippen LogP contribution >= 0.6 is 0 Å². The van der Waals surface area contributed by atoms with E-state index in [-0.39, 0.29) is 12.5 Å². The summed E-state index contributed by atoms with van der Waals surface area (Å²) < 4.78 is 7.29. The summed E-state index contributed by atoms with van der Waals surface area (Å²) >= 11 is 0. The number of benzene rings is 1. The summed E-state index contributed by atoms with van der Waals surface area (Å²) in [5.41, 5.74) is 0. The van der Waals surface area contributed by atoms with Gasteiger partial charge in [0.25, 0.3) is 5.91 Å². The SMILES string of the molecule is O=C(COc1ccccc1)Nc1ccn([C@H]2CCNC2)n1. The molecular formula is C15H18N4O2. The van der Waals surface area contributed by atoms with Crippen molar-refractivity contribution in [2.75, 3.05) is 25.0 Å². The van der Waals surface area contributed by atoms with Gasteiger partial charge in [0, 0.05) is 18.8 Å². The van der Waals surface area contributed by atoms with Gasteiger partial charge in [0.05, 0.1) is 6.04 Å². The van der Waals surface area contributed by atoms with E-state index in [0.717, 1.165) is 19.5 Å². The van der Waals surface area contributed by atoms with Gasteiger partial charge in [-0.15, -0.1) is 0 Å². The van der Waals surface area contributed by atoms with Crippen LogP contribution in [0.2, 0.25) is 0 Å². The van der Waals surface area contributed by atoms with Crippen LogP contribution in [-0.4, -0.2) is 35.4 Å². The number of para-hydroxylation sites is 1. The molecule has 0 radical (unpaired) electrons. The number of anilines is 1. The molecule has 6 heteroatoms. The lowest BCUT2D eigenvalue weighted by Crippen LogP contribution is -2.21. The summed E-state index contributed by atoms with van der Waals surface area (Å²) in [5.74, 6) is 1.02. The summed E-state index contributed by atoms with van der Waals surface area (Å²) in [6.45, 7) is 1.91. The molecule has 3 rings (SSSR count). The van der Waals surface area contributed by atoms with E-state index in [2.05, 4.69) is 15.7 Å². The standard InChI is InChI=1S/C15H18N4O2/c20-15(11-21-13-4-2-1-3-5-13)17-14-7-9-19(18-14)12-6-8-16-10-12/h1-5,7,9,12,16H,6,8,10-11H2,(H,17,18,20)/t12-/m0/s1. The number of aromatic nitrogens is 2.